The van der Waals surface area contributed by atoms with Crippen LogP contribution < -0.4 is 5.69 Å². The lowest BCUT2D eigenvalue weighted by Crippen LogP contribution is -2.26. The lowest BCUT2D eigenvalue weighted by atomic mass is 10.1. The van der Waals surface area contributed by atoms with Crippen LogP contribution in [0.1, 0.15) is 12.8 Å². The molecule has 0 spiro atoms. The fourth-order valence-corrected chi connectivity index (χ4v) is 2.12. The van der Waals surface area contributed by atoms with Crippen LogP contribution >= 0.6 is 15.9 Å². The molecular weight excluding hydrogens is 232 g/mol. The first-order valence-electron chi connectivity index (χ1n) is 4.33. The molecule has 0 bridgehead atoms. The maximum atomic E-state index is 11.3. The van der Waals surface area contributed by atoms with Crippen LogP contribution in [0.5, 0.6) is 0 Å². The van der Waals surface area contributed by atoms with Gasteiger partial charge in [0.15, 0.2) is 0 Å². The van der Waals surface area contributed by atoms with E-state index in [1.54, 1.807) is 16.8 Å². The molecule has 4 heteroatoms. The van der Waals surface area contributed by atoms with Crippen molar-refractivity contribution in [3.8, 4) is 0 Å². The molecule has 0 unspecified atom stereocenters. The van der Waals surface area contributed by atoms with Gasteiger partial charge in [-0.15, -0.1) is 0 Å². The molecule has 0 aromatic carbocycles. The van der Waals surface area contributed by atoms with Gasteiger partial charge in [-0.25, -0.2) is 9.78 Å². The maximum absolute atomic E-state index is 11.3. The first-order valence-corrected chi connectivity index (χ1v) is 5.45. The molecule has 0 N–H and O–H groups in total. The molecule has 2 rings (SSSR count). The van der Waals surface area contributed by atoms with Gasteiger partial charge < -0.3 is 0 Å². The molecule has 0 radical (unpaired) electrons. The van der Waals surface area contributed by atoms with E-state index in [-0.39, 0.29) is 5.69 Å². The summed E-state index contributed by atoms with van der Waals surface area (Å²) in [4.78, 5) is 15.0. The van der Waals surface area contributed by atoms with Gasteiger partial charge in [-0.2, -0.15) is 0 Å². The first kappa shape index (κ1) is 8.94. The average Bonchev–Trinajstić information content (AvgIpc) is 2.90. The summed E-state index contributed by atoms with van der Waals surface area (Å²) in [6.45, 7) is 0.797. The monoisotopic (exact) mass is 242 g/mol. The molecule has 0 atom stereocenters. The Labute approximate surface area is 84.9 Å². The molecule has 3 nitrogen and oxygen atoms in total. The molecule has 1 aromatic rings. The maximum Gasteiger partial charge on any atom is 0.347 e. The van der Waals surface area contributed by atoms with E-state index >= 15 is 0 Å². The molecule has 1 fully saturated rings. The second-order valence-corrected chi connectivity index (χ2v) is 4.22. The van der Waals surface area contributed by atoms with Crippen LogP contribution in [-0.2, 0) is 6.54 Å². The van der Waals surface area contributed by atoms with Crippen LogP contribution in [0, 0.1) is 5.41 Å². The van der Waals surface area contributed by atoms with Gasteiger partial charge in [0.1, 0.15) is 0 Å². The summed E-state index contributed by atoms with van der Waals surface area (Å²) in [5.41, 5.74) is 0.182. The van der Waals surface area contributed by atoms with E-state index in [0.29, 0.717) is 5.41 Å². The summed E-state index contributed by atoms with van der Waals surface area (Å²) in [5.74, 6) is 0. The number of hydrogen-bond acceptors (Lipinski definition) is 2. The molecule has 1 heterocycles. The van der Waals surface area contributed by atoms with Crippen molar-refractivity contribution in [3.63, 3.8) is 0 Å². The molecule has 1 aromatic heterocycles. The van der Waals surface area contributed by atoms with E-state index in [1.165, 1.54) is 19.0 Å². The SMILES string of the molecule is O=c1ncccn1CC1(CBr)CC1. The number of rotatable bonds is 3. The third-order valence-corrected chi connectivity index (χ3v) is 3.72. The Kier molecular flexibility index (Phi) is 2.24. The van der Waals surface area contributed by atoms with Gasteiger partial charge in [0.2, 0.25) is 0 Å². The lowest BCUT2D eigenvalue weighted by Gasteiger charge is -2.12. The molecule has 70 valence electrons. The molecule has 1 aliphatic carbocycles. The van der Waals surface area contributed by atoms with Gasteiger partial charge in [0, 0.05) is 24.3 Å². The Hall–Kier alpha value is -0.640. The van der Waals surface area contributed by atoms with Gasteiger partial charge in [-0.1, -0.05) is 15.9 Å². The second kappa shape index (κ2) is 3.25. The highest BCUT2D eigenvalue weighted by Gasteiger charge is 2.41. The highest BCUT2D eigenvalue weighted by atomic mass is 79.9. The summed E-state index contributed by atoms with van der Waals surface area (Å²) in [7, 11) is 0. The van der Waals surface area contributed by atoms with Gasteiger partial charge >= 0.3 is 5.69 Å². The minimum Gasteiger partial charge on any atom is -0.299 e. The Morgan fingerprint density at radius 2 is 2.38 bits per heavy atom. The zero-order valence-electron chi connectivity index (χ0n) is 7.24. The van der Waals surface area contributed by atoms with Crippen molar-refractivity contribution in [1.82, 2.24) is 9.55 Å². The zero-order chi connectivity index (χ0) is 9.31. The van der Waals surface area contributed by atoms with Crippen molar-refractivity contribution in [3.05, 3.63) is 28.9 Å². The topological polar surface area (TPSA) is 34.9 Å². The first-order chi connectivity index (χ1) is 6.26. The van der Waals surface area contributed by atoms with Crippen LogP contribution in [0.2, 0.25) is 0 Å². The van der Waals surface area contributed by atoms with Gasteiger partial charge in [0.25, 0.3) is 0 Å². The standard InChI is InChI=1S/C9H11BrN2O/c10-6-9(2-3-9)7-12-5-1-4-11-8(12)13/h1,4-5H,2-3,6-7H2. The van der Waals surface area contributed by atoms with Crippen LogP contribution in [0.15, 0.2) is 23.3 Å². The van der Waals surface area contributed by atoms with Crippen LogP contribution in [0.25, 0.3) is 0 Å². The Morgan fingerprint density at radius 3 is 2.92 bits per heavy atom. The molecular formula is C9H11BrN2O. The largest absolute Gasteiger partial charge is 0.347 e. The Bertz CT molecular complexity index is 357. The van der Waals surface area contributed by atoms with Crippen LogP contribution in [0.4, 0.5) is 0 Å². The quantitative estimate of drug-likeness (QED) is 0.752. The molecule has 1 saturated carbocycles. The van der Waals surface area contributed by atoms with E-state index in [0.717, 1.165) is 11.9 Å². The van der Waals surface area contributed by atoms with Gasteiger partial charge in [0.05, 0.1) is 0 Å². The summed E-state index contributed by atoms with van der Waals surface area (Å²) in [6, 6.07) is 1.80. The van der Waals surface area contributed by atoms with Crippen molar-refractivity contribution in [2.24, 2.45) is 5.41 Å². The fraction of sp³-hybridized carbons (Fsp3) is 0.556. The van der Waals surface area contributed by atoms with Gasteiger partial charge in [-0.3, -0.25) is 4.57 Å². The minimum absolute atomic E-state index is 0.144. The van der Waals surface area contributed by atoms with Crippen molar-refractivity contribution in [1.29, 1.82) is 0 Å². The Balaban J connectivity index is 2.19. The summed E-state index contributed by atoms with van der Waals surface area (Å²) >= 11 is 3.48. The second-order valence-electron chi connectivity index (χ2n) is 3.66. The number of alkyl halides is 1. The van der Waals surface area contributed by atoms with E-state index in [1.807, 2.05) is 0 Å². The molecule has 0 aliphatic heterocycles. The number of halogens is 1. The van der Waals surface area contributed by atoms with Crippen LogP contribution in [-0.4, -0.2) is 14.9 Å². The normalized spacial score (nSPS) is 18.5. The molecule has 1 aliphatic rings. The van der Waals surface area contributed by atoms with Crippen LogP contribution in [0.3, 0.4) is 0 Å². The highest BCUT2D eigenvalue weighted by molar-refractivity contribution is 9.09. The predicted octanol–water partition coefficient (Wildman–Crippen LogP) is 1.42. The number of aromatic nitrogens is 2. The third kappa shape index (κ3) is 1.82. The lowest BCUT2D eigenvalue weighted by molar-refractivity contribution is 0.459. The number of hydrogen-bond donors (Lipinski definition) is 0. The summed E-state index contributed by atoms with van der Waals surface area (Å²) in [5, 5.41) is 0.974. The van der Waals surface area contributed by atoms with E-state index in [2.05, 4.69) is 20.9 Å². The molecule has 0 amide bonds. The molecule has 13 heavy (non-hydrogen) atoms. The van der Waals surface area contributed by atoms with Gasteiger partial charge in [-0.05, 0) is 24.3 Å². The summed E-state index contributed by atoms with van der Waals surface area (Å²) in [6.07, 6.45) is 5.75. The number of nitrogens with zero attached hydrogens (tertiary/aromatic N) is 2. The smallest absolute Gasteiger partial charge is 0.299 e. The van der Waals surface area contributed by atoms with E-state index in [4.69, 9.17) is 0 Å². The minimum atomic E-state index is -0.144. The van der Waals surface area contributed by atoms with Crippen molar-refractivity contribution < 1.29 is 0 Å². The van der Waals surface area contributed by atoms with E-state index < -0.39 is 0 Å². The third-order valence-electron chi connectivity index (χ3n) is 2.53. The summed E-state index contributed by atoms with van der Waals surface area (Å²) < 4.78 is 1.69. The Morgan fingerprint density at radius 1 is 1.62 bits per heavy atom. The average molecular weight is 243 g/mol. The predicted molar refractivity (Wildman–Crippen MR) is 54.0 cm³/mol. The zero-order valence-corrected chi connectivity index (χ0v) is 8.83. The van der Waals surface area contributed by atoms with Crippen molar-refractivity contribution in [2.75, 3.05) is 5.33 Å². The van der Waals surface area contributed by atoms with Crippen molar-refractivity contribution in [2.45, 2.75) is 19.4 Å². The highest BCUT2D eigenvalue weighted by Crippen LogP contribution is 2.48. The van der Waals surface area contributed by atoms with E-state index in [9.17, 15) is 4.79 Å². The fourth-order valence-electron chi connectivity index (χ4n) is 1.38. The van der Waals surface area contributed by atoms with Crippen molar-refractivity contribution >= 4 is 15.9 Å². The molecule has 0 saturated heterocycles.